The Balaban J connectivity index is 0.000000226. The molecule has 0 aromatic heterocycles. The van der Waals surface area contributed by atoms with Crippen molar-refractivity contribution in [2.45, 2.75) is 73.5 Å². The number of aliphatic carboxylic acids is 1. The molecule has 72 heavy (non-hydrogen) atoms. The number of amides is 2. The molecule has 4 aliphatic rings. The largest absolute Gasteiger partial charge is 1.00 e. The van der Waals surface area contributed by atoms with Gasteiger partial charge in [-0.15, -0.1) is 0 Å². The van der Waals surface area contributed by atoms with Crippen LogP contribution in [0.3, 0.4) is 0 Å². The molecule has 0 aliphatic carbocycles. The number of carboxylic acid groups (broad SMARTS) is 1. The summed E-state index contributed by atoms with van der Waals surface area (Å²) in [4.78, 5) is 61.4. The van der Waals surface area contributed by atoms with Gasteiger partial charge in [-0.25, -0.2) is 9.59 Å². The Morgan fingerprint density at radius 2 is 0.792 bits per heavy atom. The number of benzene rings is 6. The summed E-state index contributed by atoms with van der Waals surface area (Å²) >= 11 is 0. The van der Waals surface area contributed by atoms with Gasteiger partial charge in [0.2, 0.25) is 11.8 Å². The normalized spacial score (nSPS) is 21.7. The van der Waals surface area contributed by atoms with E-state index >= 15 is 0 Å². The van der Waals surface area contributed by atoms with Crippen LogP contribution in [0.5, 0.6) is 0 Å². The average molecular weight is 965 g/mol. The van der Waals surface area contributed by atoms with Crippen LogP contribution in [0.2, 0.25) is 0 Å². The van der Waals surface area contributed by atoms with Crippen molar-refractivity contribution >= 4 is 23.8 Å². The van der Waals surface area contributed by atoms with E-state index in [1.54, 1.807) is 9.80 Å². The van der Waals surface area contributed by atoms with Crippen LogP contribution in [-0.4, -0.2) is 130 Å². The van der Waals surface area contributed by atoms with Crippen LogP contribution in [0.25, 0.3) is 0 Å². The van der Waals surface area contributed by atoms with Gasteiger partial charge in [-0.3, -0.25) is 19.4 Å². The molecule has 4 heterocycles. The van der Waals surface area contributed by atoms with Crippen LogP contribution in [-0.2, 0) is 23.9 Å². The number of esters is 1. The Morgan fingerprint density at radius 3 is 1.11 bits per heavy atom. The number of hydrogen-bond donors (Lipinski definition) is 1. The number of methoxy groups -OCH3 is 1. The van der Waals surface area contributed by atoms with Crippen molar-refractivity contribution in [1.82, 2.24) is 19.6 Å². The third-order valence-corrected chi connectivity index (χ3v) is 14.9. The summed E-state index contributed by atoms with van der Waals surface area (Å²) in [5.41, 5.74) is 6.33. The molecule has 0 saturated carbocycles. The standard InChI is InChI=1S/C30H32N2O3.C29H30N2O3.Li.2H2O/c1-35-30(34)27-19-26(31-18-17-25(20-31)22-11-5-2-6-12-22)21-32(27)29(33)28(23-13-7-3-8-14-23)24-15-9-4-10-16-24;32-28(27(22-12-6-2-7-13-22)23-14-8-3-9-15-23)31-20-25(18-26(31)29(33)34)30-17-16-24(19-30)21-10-4-1-5-11-21;;;/h2-16,25-28H,17-21H2,1H3;1-15,24-27H,16-20H2,(H,33,34);;2*1H2/q;;+1;;/p-1/t25-,26-,27-;24-,25-,26-;;;/m00.../s1. The maximum absolute atomic E-state index is 14.1. The average Bonchev–Trinajstić information content (AvgIpc) is 4.25. The molecule has 370 valence electrons. The van der Waals surface area contributed by atoms with Crippen molar-refractivity contribution in [1.29, 1.82) is 0 Å². The molecular weight excluding hydrogens is 900 g/mol. The fourth-order valence-electron chi connectivity index (χ4n) is 11.3. The maximum Gasteiger partial charge on any atom is 1.00 e. The molecule has 0 spiro atoms. The summed E-state index contributed by atoms with van der Waals surface area (Å²) in [7, 11) is 1.41. The van der Waals surface area contributed by atoms with E-state index in [1.807, 2.05) is 133 Å². The van der Waals surface area contributed by atoms with Gasteiger partial charge in [0.25, 0.3) is 0 Å². The number of ether oxygens (including phenoxy) is 1. The molecule has 6 aromatic carbocycles. The summed E-state index contributed by atoms with van der Waals surface area (Å²) in [6.45, 7) is 4.75. The molecular formula is C59H65LiN4O8. The molecule has 4 saturated heterocycles. The zero-order chi connectivity index (χ0) is 47.7. The van der Waals surface area contributed by atoms with Gasteiger partial charge in [-0.05, 0) is 84.0 Å². The van der Waals surface area contributed by atoms with E-state index in [0.717, 1.165) is 61.3 Å². The summed E-state index contributed by atoms with van der Waals surface area (Å²) in [6, 6.07) is 59.0. The second-order valence-electron chi connectivity index (χ2n) is 18.9. The Hall–Kier alpha value is -6.36. The quantitative estimate of drug-likeness (QED) is 0.134. The molecule has 0 unspecified atom stereocenters. The first-order valence-electron chi connectivity index (χ1n) is 24.5. The van der Waals surface area contributed by atoms with Crippen molar-refractivity contribution in [3.63, 3.8) is 0 Å². The van der Waals surface area contributed by atoms with Gasteiger partial charge in [0, 0.05) is 38.3 Å². The first-order chi connectivity index (χ1) is 33.8. The predicted octanol–water partition coefficient (Wildman–Crippen LogP) is 4.82. The molecule has 4 fully saturated rings. The molecule has 4 N–H and O–H groups in total. The van der Waals surface area contributed by atoms with Crippen molar-refractivity contribution in [3.05, 3.63) is 215 Å². The third-order valence-electron chi connectivity index (χ3n) is 14.9. The van der Waals surface area contributed by atoms with Crippen LogP contribution in [0.15, 0.2) is 182 Å². The SMILES string of the molecule is COC(=O)[C@@H]1C[C@H](N2CC[C@H](c3ccccc3)C2)CN1C(=O)C(c1ccccc1)c1ccccc1.O.O=C(O)[C@@H]1C[C@H](N2CC[C@H](c3ccccc3)C2)CN1C(=O)C(c1ccccc1)c1ccccc1.[Li+].[OH-]. The van der Waals surface area contributed by atoms with E-state index < -0.39 is 29.9 Å². The van der Waals surface area contributed by atoms with Crippen molar-refractivity contribution in [2.24, 2.45) is 0 Å². The van der Waals surface area contributed by atoms with Crippen LogP contribution < -0.4 is 18.9 Å². The number of rotatable bonds is 12. The Morgan fingerprint density at radius 1 is 0.486 bits per heavy atom. The summed E-state index contributed by atoms with van der Waals surface area (Å²) < 4.78 is 5.16. The number of nitrogens with zero attached hydrogens (tertiary/aromatic N) is 4. The minimum atomic E-state index is -0.922. The van der Waals surface area contributed by atoms with Gasteiger partial charge in [0.15, 0.2) is 0 Å². The van der Waals surface area contributed by atoms with Crippen LogP contribution >= 0.6 is 0 Å². The van der Waals surface area contributed by atoms with E-state index in [2.05, 4.69) is 58.3 Å². The fourth-order valence-corrected chi connectivity index (χ4v) is 11.3. The first-order valence-corrected chi connectivity index (χ1v) is 24.5. The predicted molar refractivity (Wildman–Crippen MR) is 273 cm³/mol. The van der Waals surface area contributed by atoms with E-state index in [4.69, 9.17) is 4.74 Å². The Kier molecular flexibility index (Phi) is 19.7. The minimum absolute atomic E-state index is 0. The topological polar surface area (TPSA) is 172 Å². The molecule has 0 bridgehead atoms. The number of likely N-dealkylation sites (tertiary alicyclic amines) is 4. The molecule has 10 rings (SSSR count). The number of carbonyl (C=O) groups is 4. The minimum Gasteiger partial charge on any atom is -0.870 e. The van der Waals surface area contributed by atoms with Gasteiger partial charge in [-0.1, -0.05) is 182 Å². The molecule has 6 atom stereocenters. The van der Waals surface area contributed by atoms with Crippen molar-refractivity contribution in [3.8, 4) is 0 Å². The second-order valence-corrected chi connectivity index (χ2v) is 18.9. The van der Waals surface area contributed by atoms with E-state index in [-0.39, 0.29) is 59.7 Å². The van der Waals surface area contributed by atoms with E-state index in [0.29, 0.717) is 37.8 Å². The van der Waals surface area contributed by atoms with Crippen LogP contribution in [0, 0.1) is 0 Å². The van der Waals surface area contributed by atoms with Gasteiger partial charge in [-0.2, -0.15) is 0 Å². The third kappa shape index (κ3) is 12.4. The zero-order valence-corrected chi connectivity index (χ0v) is 41.2. The summed E-state index contributed by atoms with van der Waals surface area (Å²) in [5, 5.41) is 10.0. The van der Waals surface area contributed by atoms with Gasteiger partial charge in [0.05, 0.1) is 18.9 Å². The van der Waals surface area contributed by atoms with Crippen molar-refractivity contribution in [2.75, 3.05) is 46.4 Å². The summed E-state index contributed by atoms with van der Waals surface area (Å²) in [5.74, 6) is -1.47. The molecule has 12 nitrogen and oxygen atoms in total. The van der Waals surface area contributed by atoms with Crippen molar-refractivity contribution < 1.29 is 58.8 Å². The molecule has 2 amide bonds. The second kappa shape index (κ2) is 25.8. The van der Waals surface area contributed by atoms with E-state index in [9.17, 15) is 24.3 Å². The van der Waals surface area contributed by atoms with Gasteiger partial charge in [0.1, 0.15) is 12.1 Å². The Bertz CT molecular complexity index is 2560. The monoisotopic (exact) mass is 964 g/mol. The smallest absolute Gasteiger partial charge is 0.870 e. The van der Waals surface area contributed by atoms with Crippen LogP contribution in [0.4, 0.5) is 0 Å². The number of hydrogen-bond acceptors (Lipinski definition) is 8. The number of carboxylic acids is 1. The van der Waals surface area contributed by atoms with Crippen LogP contribution in [0.1, 0.15) is 82.7 Å². The summed E-state index contributed by atoms with van der Waals surface area (Å²) in [6.07, 6.45) is 3.23. The number of carbonyl (C=O) groups excluding carboxylic acids is 3. The molecule has 0 radical (unpaired) electrons. The van der Waals surface area contributed by atoms with Gasteiger partial charge >= 0.3 is 30.8 Å². The molecule has 6 aromatic rings. The molecule has 13 heteroatoms. The van der Waals surface area contributed by atoms with E-state index in [1.165, 1.54) is 18.2 Å². The molecule has 4 aliphatic heterocycles. The van der Waals surface area contributed by atoms with Gasteiger partial charge < -0.3 is 30.6 Å². The zero-order valence-electron chi connectivity index (χ0n) is 41.2. The Labute approximate surface area is 435 Å². The fraction of sp³-hybridized carbons (Fsp3) is 0.322. The maximum atomic E-state index is 14.1. The first kappa shape index (κ1) is 55.0.